The topological polar surface area (TPSA) is 3.24 Å². The van der Waals surface area contributed by atoms with Crippen LogP contribution in [0.5, 0.6) is 0 Å². The number of nitrogens with zero attached hydrogens (tertiary/aromatic N) is 1. The van der Waals surface area contributed by atoms with Gasteiger partial charge < -0.3 is 4.90 Å². The van der Waals surface area contributed by atoms with Crippen molar-refractivity contribution in [3.05, 3.63) is 58.1 Å². The number of thioether (sulfide) groups is 1. The van der Waals surface area contributed by atoms with Crippen molar-refractivity contribution in [2.45, 2.75) is 20.3 Å². The predicted octanol–water partition coefficient (Wildman–Crippen LogP) is 4.33. The van der Waals surface area contributed by atoms with Gasteiger partial charge in [-0.25, -0.2) is 0 Å². The summed E-state index contributed by atoms with van der Waals surface area (Å²) < 4.78 is 0. The van der Waals surface area contributed by atoms with Crippen LogP contribution in [0.4, 0.5) is 0 Å². The molecule has 0 saturated heterocycles. The van der Waals surface area contributed by atoms with Crippen molar-refractivity contribution in [2.75, 3.05) is 25.9 Å². The first-order valence-electron chi connectivity index (χ1n) is 6.83. The van der Waals surface area contributed by atoms with Gasteiger partial charge in [-0.1, -0.05) is 24.8 Å². The van der Waals surface area contributed by atoms with Gasteiger partial charge in [0.25, 0.3) is 0 Å². The minimum Gasteiger partial charge on any atom is -0.302 e. The first-order valence-corrected chi connectivity index (χ1v) is 7.81. The minimum atomic E-state index is 1.04. The number of hydrogen-bond acceptors (Lipinski definition) is 2. The van der Waals surface area contributed by atoms with E-state index in [4.69, 9.17) is 0 Å². The highest BCUT2D eigenvalue weighted by Gasteiger charge is 2.12. The van der Waals surface area contributed by atoms with Crippen molar-refractivity contribution in [1.82, 2.24) is 4.90 Å². The molecule has 0 aliphatic carbocycles. The van der Waals surface area contributed by atoms with E-state index in [0.29, 0.717) is 0 Å². The highest BCUT2D eigenvalue weighted by atomic mass is 32.2. The Kier molecular flexibility index (Phi) is 4.89. The van der Waals surface area contributed by atoms with E-state index >= 15 is 0 Å². The lowest BCUT2D eigenvalue weighted by molar-refractivity contribution is 0.357. The lowest BCUT2D eigenvalue weighted by atomic mass is 9.97. The van der Waals surface area contributed by atoms with E-state index in [9.17, 15) is 0 Å². The van der Waals surface area contributed by atoms with E-state index < -0.39 is 0 Å². The molecule has 0 bridgehead atoms. The molecule has 2 heteroatoms. The largest absolute Gasteiger partial charge is 0.302 e. The van der Waals surface area contributed by atoms with Crippen LogP contribution < -0.4 is 0 Å². The lowest BCUT2D eigenvalue weighted by Crippen LogP contribution is -2.26. The third-order valence-electron chi connectivity index (χ3n) is 3.58. The van der Waals surface area contributed by atoms with Crippen LogP contribution in [-0.2, 0) is 0 Å². The van der Waals surface area contributed by atoms with Gasteiger partial charge >= 0.3 is 0 Å². The Balaban J connectivity index is 2.29. The van der Waals surface area contributed by atoms with Crippen LogP contribution in [0.2, 0.25) is 0 Å². The van der Waals surface area contributed by atoms with Crippen molar-refractivity contribution in [3.8, 4) is 0 Å². The van der Waals surface area contributed by atoms with Crippen molar-refractivity contribution in [1.29, 1.82) is 0 Å². The van der Waals surface area contributed by atoms with Gasteiger partial charge in [-0.15, -0.1) is 11.8 Å². The summed E-state index contributed by atoms with van der Waals surface area (Å²) in [6.45, 7) is 10.7. The monoisotopic (exact) mass is 273 g/mol. The highest BCUT2D eigenvalue weighted by Crippen LogP contribution is 2.27. The third-order valence-corrected chi connectivity index (χ3v) is 4.49. The fourth-order valence-corrected chi connectivity index (χ4v) is 3.13. The number of likely N-dealkylation sites (N-methyl/N-ethyl adjacent to an activating group) is 1. The summed E-state index contributed by atoms with van der Waals surface area (Å²) >= 11 is 1.89. The van der Waals surface area contributed by atoms with Gasteiger partial charge in [0.15, 0.2) is 0 Å². The van der Waals surface area contributed by atoms with Crippen LogP contribution in [0.15, 0.2) is 58.1 Å². The molecule has 19 heavy (non-hydrogen) atoms. The predicted molar refractivity (Wildman–Crippen MR) is 87.4 cm³/mol. The Morgan fingerprint density at radius 1 is 1.21 bits per heavy atom. The SMILES string of the molecule is C=C1/C=C(/C)SC/C=C(C2=CCCN(C)C2)\C=C/1C. The molecule has 0 amide bonds. The summed E-state index contributed by atoms with van der Waals surface area (Å²) in [6, 6.07) is 0. The van der Waals surface area contributed by atoms with Gasteiger partial charge in [0.05, 0.1) is 0 Å². The second-order valence-corrected chi connectivity index (χ2v) is 6.60. The third kappa shape index (κ3) is 3.99. The van der Waals surface area contributed by atoms with Crippen LogP contribution in [0, 0.1) is 0 Å². The van der Waals surface area contributed by atoms with Gasteiger partial charge in [0, 0.05) is 18.8 Å². The Bertz CT molecular complexity index is 491. The average Bonchev–Trinajstić information content (AvgIpc) is 2.42. The maximum atomic E-state index is 4.17. The molecule has 0 saturated carbocycles. The van der Waals surface area contributed by atoms with E-state index in [-0.39, 0.29) is 0 Å². The quantitative estimate of drug-likeness (QED) is 0.699. The van der Waals surface area contributed by atoms with Gasteiger partial charge in [0.2, 0.25) is 0 Å². The Hall–Kier alpha value is -0.990. The summed E-state index contributed by atoms with van der Waals surface area (Å²) in [5.74, 6) is 1.04. The summed E-state index contributed by atoms with van der Waals surface area (Å²) in [5.41, 5.74) is 5.23. The molecular weight excluding hydrogens is 250 g/mol. The van der Waals surface area contributed by atoms with Crippen LogP contribution in [0.25, 0.3) is 0 Å². The van der Waals surface area contributed by atoms with Crippen LogP contribution in [0.1, 0.15) is 20.3 Å². The molecule has 0 N–H and O–H groups in total. The fourth-order valence-electron chi connectivity index (χ4n) is 2.38. The zero-order valence-electron chi connectivity index (χ0n) is 12.2. The molecule has 0 spiro atoms. The number of allylic oxidation sites excluding steroid dienone is 5. The molecule has 1 nitrogen and oxygen atoms in total. The lowest BCUT2D eigenvalue weighted by Gasteiger charge is -2.24. The molecule has 2 aliphatic heterocycles. The summed E-state index contributed by atoms with van der Waals surface area (Å²) in [5, 5.41) is 0. The Morgan fingerprint density at radius 2 is 2.00 bits per heavy atom. The maximum absolute atomic E-state index is 4.17. The molecule has 2 rings (SSSR count). The number of rotatable bonds is 1. The first kappa shape index (κ1) is 14.4. The van der Waals surface area contributed by atoms with Crippen LogP contribution in [0.3, 0.4) is 0 Å². The molecule has 0 atom stereocenters. The standard InChI is InChI=1S/C17H23NS/c1-13-10-15(3)19-9-7-16(11-14(13)2)17-6-5-8-18(4)12-17/h6-7,10-11H,1,5,8-9,12H2,2-4H3/b14-11-,15-10-,16-7+. The number of hydrogen-bond donors (Lipinski definition) is 0. The van der Waals surface area contributed by atoms with Gasteiger partial charge in [-0.3, -0.25) is 0 Å². The maximum Gasteiger partial charge on any atom is 0.0233 e. The summed E-state index contributed by atoms with van der Waals surface area (Å²) in [4.78, 5) is 3.72. The fraction of sp³-hybridized carbons (Fsp3) is 0.412. The summed E-state index contributed by atoms with van der Waals surface area (Å²) in [7, 11) is 2.19. The smallest absolute Gasteiger partial charge is 0.0233 e. The molecular formula is C17H23NS. The first-order chi connectivity index (χ1) is 9.06. The molecule has 0 radical (unpaired) electrons. The molecule has 0 unspecified atom stereocenters. The van der Waals surface area contributed by atoms with Crippen LogP contribution in [-0.4, -0.2) is 30.8 Å². The highest BCUT2D eigenvalue weighted by molar-refractivity contribution is 8.03. The molecule has 0 aromatic rings. The van der Waals surface area contributed by atoms with Crippen molar-refractivity contribution < 1.29 is 0 Å². The minimum absolute atomic E-state index is 1.04. The summed E-state index contributed by atoms with van der Waals surface area (Å²) in [6.07, 6.45) is 10.4. The van der Waals surface area contributed by atoms with E-state index in [1.165, 1.54) is 28.2 Å². The molecule has 0 fully saturated rings. The molecule has 0 aromatic carbocycles. The van der Waals surface area contributed by atoms with Crippen molar-refractivity contribution >= 4 is 11.8 Å². The zero-order valence-corrected chi connectivity index (χ0v) is 13.0. The zero-order chi connectivity index (χ0) is 13.8. The van der Waals surface area contributed by atoms with Gasteiger partial charge in [0.1, 0.15) is 0 Å². The Morgan fingerprint density at radius 3 is 2.74 bits per heavy atom. The average molecular weight is 273 g/mol. The van der Waals surface area contributed by atoms with Gasteiger partial charge in [-0.05, 0) is 60.6 Å². The second kappa shape index (κ2) is 6.44. The van der Waals surface area contributed by atoms with E-state index in [2.05, 4.69) is 56.7 Å². The van der Waals surface area contributed by atoms with Gasteiger partial charge in [-0.2, -0.15) is 0 Å². The molecule has 0 aromatic heterocycles. The Labute approximate surface area is 121 Å². The van der Waals surface area contributed by atoms with E-state index in [1.807, 2.05) is 11.8 Å². The second-order valence-electron chi connectivity index (χ2n) is 5.33. The van der Waals surface area contributed by atoms with E-state index in [0.717, 1.165) is 24.3 Å². The van der Waals surface area contributed by atoms with Crippen molar-refractivity contribution in [3.63, 3.8) is 0 Å². The molecule has 2 aliphatic rings. The van der Waals surface area contributed by atoms with Crippen LogP contribution >= 0.6 is 11.8 Å². The van der Waals surface area contributed by atoms with Crippen molar-refractivity contribution in [2.24, 2.45) is 0 Å². The normalized spacial score (nSPS) is 30.8. The molecule has 2 heterocycles. The van der Waals surface area contributed by atoms with E-state index in [1.54, 1.807) is 0 Å². The molecule has 102 valence electrons.